The summed E-state index contributed by atoms with van der Waals surface area (Å²) >= 11 is 0. The van der Waals surface area contributed by atoms with E-state index in [1.54, 1.807) is 30.2 Å². The zero-order valence-corrected chi connectivity index (χ0v) is 10.6. The lowest BCUT2D eigenvalue weighted by molar-refractivity contribution is -0.125. The number of imidazole rings is 1. The van der Waals surface area contributed by atoms with Gasteiger partial charge in [-0.1, -0.05) is 13.8 Å². The van der Waals surface area contributed by atoms with Gasteiger partial charge in [0, 0.05) is 18.4 Å². The molecule has 1 aromatic rings. The van der Waals surface area contributed by atoms with Crippen LogP contribution in [0.3, 0.4) is 0 Å². The number of hydrogen-bond donors (Lipinski definition) is 2. The van der Waals surface area contributed by atoms with E-state index in [9.17, 15) is 4.79 Å². The molecule has 0 aliphatic carbocycles. The summed E-state index contributed by atoms with van der Waals surface area (Å²) in [7, 11) is 0. The van der Waals surface area contributed by atoms with Gasteiger partial charge in [0.1, 0.15) is 6.04 Å². The van der Waals surface area contributed by atoms with Crippen LogP contribution in [0, 0.1) is 5.92 Å². The van der Waals surface area contributed by atoms with Gasteiger partial charge in [-0.05, 0) is 19.3 Å². The molecule has 0 radical (unpaired) electrons. The Morgan fingerprint density at radius 2 is 2.18 bits per heavy atom. The number of amides is 1. The van der Waals surface area contributed by atoms with Crippen LogP contribution in [0.1, 0.15) is 33.2 Å². The standard InChI is InChI=1S/C12H21N3O2/c1-9(2)6-11(15-5-4-13-8-15)12(17)14-10(3)7-16/h4-5,8-11,16H,6-7H2,1-3H3,(H,14,17)/t10?,11-/m0/s1. The number of rotatable bonds is 6. The van der Waals surface area contributed by atoms with Gasteiger partial charge in [0.25, 0.3) is 0 Å². The van der Waals surface area contributed by atoms with Crippen molar-refractivity contribution in [2.75, 3.05) is 6.61 Å². The van der Waals surface area contributed by atoms with Crippen molar-refractivity contribution in [3.63, 3.8) is 0 Å². The number of nitrogens with zero attached hydrogens (tertiary/aromatic N) is 2. The molecule has 5 heteroatoms. The van der Waals surface area contributed by atoms with Gasteiger partial charge in [0.2, 0.25) is 5.91 Å². The third-order valence-corrected chi connectivity index (χ3v) is 2.54. The summed E-state index contributed by atoms with van der Waals surface area (Å²) in [5, 5.41) is 11.7. The van der Waals surface area contributed by atoms with E-state index >= 15 is 0 Å². The van der Waals surface area contributed by atoms with E-state index in [1.165, 1.54) is 0 Å². The van der Waals surface area contributed by atoms with Crippen molar-refractivity contribution in [1.29, 1.82) is 0 Å². The molecule has 1 rings (SSSR count). The largest absolute Gasteiger partial charge is 0.394 e. The summed E-state index contributed by atoms with van der Waals surface area (Å²) in [6.07, 6.45) is 5.85. The molecule has 17 heavy (non-hydrogen) atoms. The fourth-order valence-corrected chi connectivity index (χ4v) is 1.65. The molecule has 0 saturated carbocycles. The van der Waals surface area contributed by atoms with Crippen LogP contribution < -0.4 is 5.32 Å². The van der Waals surface area contributed by atoms with Crippen LogP contribution in [0.5, 0.6) is 0 Å². The highest BCUT2D eigenvalue weighted by Crippen LogP contribution is 2.17. The van der Waals surface area contributed by atoms with Gasteiger partial charge >= 0.3 is 0 Å². The number of hydrogen-bond acceptors (Lipinski definition) is 3. The van der Waals surface area contributed by atoms with Crippen molar-refractivity contribution in [1.82, 2.24) is 14.9 Å². The Bertz CT molecular complexity index is 336. The van der Waals surface area contributed by atoms with Crippen molar-refractivity contribution in [3.8, 4) is 0 Å². The van der Waals surface area contributed by atoms with Crippen LogP contribution in [0.2, 0.25) is 0 Å². The fourth-order valence-electron chi connectivity index (χ4n) is 1.65. The smallest absolute Gasteiger partial charge is 0.243 e. The minimum atomic E-state index is -0.258. The molecule has 0 fully saturated rings. The summed E-state index contributed by atoms with van der Waals surface area (Å²) in [6.45, 7) is 5.88. The first-order valence-corrected chi connectivity index (χ1v) is 5.93. The number of carbonyl (C=O) groups is 1. The van der Waals surface area contributed by atoms with Gasteiger partial charge in [-0.15, -0.1) is 0 Å². The molecule has 96 valence electrons. The second-order valence-electron chi connectivity index (χ2n) is 4.75. The Morgan fingerprint density at radius 1 is 1.47 bits per heavy atom. The Labute approximate surface area is 102 Å². The molecule has 1 aromatic heterocycles. The van der Waals surface area contributed by atoms with Gasteiger partial charge in [-0.3, -0.25) is 4.79 Å². The number of aliphatic hydroxyl groups is 1. The maximum absolute atomic E-state index is 12.1. The van der Waals surface area contributed by atoms with Crippen LogP contribution in [0.15, 0.2) is 18.7 Å². The lowest BCUT2D eigenvalue weighted by Gasteiger charge is -2.21. The molecule has 0 bridgehead atoms. The first-order valence-electron chi connectivity index (χ1n) is 5.93. The van der Waals surface area contributed by atoms with Crippen molar-refractivity contribution in [3.05, 3.63) is 18.7 Å². The molecule has 0 aromatic carbocycles. The Morgan fingerprint density at radius 3 is 2.65 bits per heavy atom. The fraction of sp³-hybridized carbons (Fsp3) is 0.667. The Kier molecular flexibility index (Phi) is 5.15. The van der Waals surface area contributed by atoms with Crippen LogP contribution >= 0.6 is 0 Å². The third kappa shape index (κ3) is 4.19. The monoisotopic (exact) mass is 239 g/mol. The summed E-state index contributed by atoms with van der Waals surface area (Å²) in [4.78, 5) is 16.0. The highest BCUT2D eigenvalue weighted by molar-refractivity contribution is 5.80. The van der Waals surface area contributed by atoms with Crippen molar-refractivity contribution in [2.24, 2.45) is 5.92 Å². The van der Waals surface area contributed by atoms with Crippen LogP contribution in [0.4, 0.5) is 0 Å². The van der Waals surface area contributed by atoms with Crippen molar-refractivity contribution in [2.45, 2.75) is 39.3 Å². The third-order valence-electron chi connectivity index (χ3n) is 2.54. The Hall–Kier alpha value is -1.36. The molecule has 0 saturated heterocycles. The van der Waals surface area contributed by atoms with E-state index in [2.05, 4.69) is 24.1 Å². The van der Waals surface area contributed by atoms with E-state index < -0.39 is 0 Å². The highest BCUT2D eigenvalue weighted by Gasteiger charge is 2.22. The predicted octanol–water partition coefficient (Wildman–Crippen LogP) is 0.967. The second kappa shape index (κ2) is 6.39. The van der Waals surface area contributed by atoms with Gasteiger partial charge in [0.15, 0.2) is 0 Å². The first kappa shape index (κ1) is 13.7. The minimum Gasteiger partial charge on any atom is -0.394 e. The van der Waals surface area contributed by atoms with E-state index in [0.717, 1.165) is 6.42 Å². The van der Waals surface area contributed by atoms with E-state index in [1.807, 2.05) is 0 Å². The van der Waals surface area contributed by atoms with Gasteiger partial charge in [-0.25, -0.2) is 4.98 Å². The normalized spacial score (nSPS) is 14.6. The highest BCUT2D eigenvalue weighted by atomic mass is 16.3. The maximum Gasteiger partial charge on any atom is 0.243 e. The molecular weight excluding hydrogens is 218 g/mol. The number of aliphatic hydroxyl groups excluding tert-OH is 1. The zero-order chi connectivity index (χ0) is 12.8. The van der Waals surface area contributed by atoms with Crippen molar-refractivity contribution < 1.29 is 9.90 Å². The lowest BCUT2D eigenvalue weighted by atomic mass is 10.0. The SMILES string of the molecule is CC(C)C[C@@H](C(=O)NC(C)CO)n1ccnc1. The predicted molar refractivity (Wildman–Crippen MR) is 65.4 cm³/mol. The molecule has 1 amide bonds. The maximum atomic E-state index is 12.1. The topological polar surface area (TPSA) is 67.2 Å². The molecule has 5 nitrogen and oxygen atoms in total. The average molecular weight is 239 g/mol. The zero-order valence-electron chi connectivity index (χ0n) is 10.6. The van der Waals surface area contributed by atoms with Crippen LogP contribution in [0.25, 0.3) is 0 Å². The van der Waals surface area contributed by atoms with Gasteiger partial charge in [0.05, 0.1) is 12.9 Å². The second-order valence-corrected chi connectivity index (χ2v) is 4.75. The molecule has 0 spiro atoms. The summed E-state index contributed by atoms with van der Waals surface area (Å²) in [5.74, 6) is 0.343. The summed E-state index contributed by atoms with van der Waals surface area (Å²) in [5.41, 5.74) is 0. The van der Waals surface area contributed by atoms with Crippen LogP contribution in [-0.4, -0.2) is 33.2 Å². The number of carbonyl (C=O) groups excluding carboxylic acids is 1. The van der Waals surface area contributed by atoms with Crippen LogP contribution in [-0.2, 0) is 4.79 Å². The molecular formula is C12H21N3O2. The minimum absolute atomic E-state index is 0.0515. The molecule has 0 aliphatic heterocycles. The molecule has 2 atom stereocenters. The first-order chi connectivity index (χ1) is 8.04. The van der Waals surface area contributed by atoms with Gasteiger partial charge < -0.3 is 15.0 Å². The van der Waals surface area contributed by atoms with Gasteiger partial charge in [-0.2, -0.15) is 0 Å². The molecule has 2 N–H and O–H groups in total. The average Bonchev–Trinajstić information content (AvgIpc) is 2.78. The summed E-state index contributed by atoms with van der Waals surface area (Å²) < 4.78 is 1.80. The molecule has 1 heterocycles. The van der Waals surface area contributed by atoms with E-state index in [-0.39, 0.29) is 24.6 Å². The number of nitrogens with one attached hydrogen (secondary N) is 1. The summed E-state index contributed by atoms with van der Waals surface area (Å²) in [6, 6.07) is -0.479. The lowest BCUT2D eigenvalue weighted by Crippen LogP contribution is -2.40. The van der Waals surface area contributed by atoms with E-state index in [0.29, 0.717) is 5.92 Å². The Balaban J connectivity index is 2.73. The molecule has 0 aliphatic rings. The number of aromatic nitrogens is 2. The van der Waals surface area contributed by atoms with Crippen molar-refractivity contribution >= 4 is 5.91 Å². The quantitative estimate of drug-likeness (QED) is 0.777. The van der Waals surface area contributed by atoms with E-state index in [4.69, 9.17) is 5.11 Å². The molecule has 1 unspecified atom stereocenters.